The Morgan fingerprint density at radius 3 is 2.91 bits per heavy atom. The van der Waals surface area contributed by atoms with Crippen LogP contribution in [0.5, 0.6) is 0 Å². The second kappa shape index (κ2) is 2.36. The predicted octanol–water partition coefficient (Wildman–Crippen LogP) is 1.22. The van der Waals surface area contributed by atoms with Crippen LogP contribution < -0.4 is 5.73 Å². The molecule has 11 heavy (non-hydrogen) atoms. The molecule has 0 spiro atoms. The Kier molecular flexibility index (Phi) is 1.48. The fourth-order valence-electron chi connectivity index (χ4n) is 1.97. The van der Waals surface area contributed by atoms with Crippen molar-refractivity contribution in [2.75, 3.05) is 0 Å². The summed E-state index contributed by atoms with van der Waals surface area (Å²) in [5.74, 6) is 1.54. The smallest absolute Gasteiger partial charge is 0.157 e. The highest BCUT2D eigenvalue weighted by molar-refractivity contribution is 5.90. The van der Waals surface area contributed by atoms with Crippen molar-refractivity contribution in [3.05, 3.63) is 11.8 Å². The fourth-order valence-corrected chi connectivity index (χ4v) is 1.97. The van der Waals surface area contributed by atoms with Gasteiger partial charge in [-0.3, -0.25) is 4.79 Å². The summed E-state index contributed by atoms with van der Waals surface area (Å²) >= 11 is 0. The first-order valence-electron chi connectivity index (χ1n) is 4.25. The molecule has 1 saturated carbocycles. The van der Waals surface area contributed by atoms with Gasteiger partial charge in [-0.2, -0.15) is 0 Å². The standard InChI is InChI=1S/C9H13NO/c10-9-5-8(11)2-1-6-3-7(9)4-6/h5-7H,1-4,10H2/b9-5+. The van der Waals surface area contributed by atoms with Crippen LogP contribution in [-0.4, -0.2) is 5.78 Å². The molecule has 0 radical (unpaired) electrons. The van der Waals surface area contributed by atoms with Crippen LogP contribution in [0.1, 0.15) is 25.7 Å². The average molecular weight is 151 g/mol. The maximum absolute atomic E-state index is 11.1. The van der Waals surface area contributed by atoms with Gasteiger partial charge in [0.1, 0.15) is 0 Å². The minimum atomic E-state index is 0.219. The Bertz CT molecular complexity index is 214. The highest BCUT2D eigenvalue weighted by atomic mass is 16.1. The Morgan fingerprint density at radius 1 is 1.45 bits per heavy atom. The third-order valence-corrected chi connectivity index (χ3v) is 2.83. The molecule has 2 nitrogen and oxygen atoms in total. The lowest BCUT2D eigenvalue weighted by Crippen LogP contribution is -2.31. The van der Waals surface area contributed by atoms with Crippen LogP contribution in [0.25, 0.3) is 0 Å². The number of nitrogens with two attached hydrogens (primary N) is 1. The number of fused-ring (bicyclic) bond motifs is 3. The first-order chi connectivity index (χ1) is 5.25. The summed E-state index contributed by atoms with van der Waals surface area (Å²) in [6.07, 6.45) is 5.86. The van der Waals surface area contributed by atoms with Crippen molar-refractivity contribution in [3.8, 4) is 0 Å². The number of rotatable bonds is 0. The van der Waals surface area contributed by atoms with Crippen LogP contribution in [-0.2, 0) is 4.79 Å². The highest BCUT2D eigenvalue weighted by Crippen LogP contribution is 2.41. The molecular formula is C9H13NO. The van der Waals surface area contributed by atoms with Crippen molar-refractivity contribution in [3.63, 3.8) is 0 Å². The van der Waals surface area contributed by atoms with E-state index >= 15 is 0 Å². The van der Waals surface area contributed by atoms with Gasteiger partial charge >= 0.3 is 0 Å². The summed E-state index contributed by atoms with van der Waals surface area (Å²) < 4.78 is 0. The van der Waals surface area contributed by atoms with Gasteiger partial charge in [-0.05, 0) is 31.1 Å². The summed E-state index contributed by atoms with van der Waals surface area (Å²) in [5, 5.41) is 0. The SMILES string of the molecule is N/C1=C/C(=O)CCC2CC1C2. The molecule has 0 amide bonds. The molecular weight excluding hydrogens is 138 g/mol. The molecule has 3 rings (SSSR count). The van der Waals surface area contributed by atoms with Crippen LogP contribution in [0.2, 0.25) is 0 Å². The summed E-state index contributed by atoms with van der Waals surface area (Å²) in [6.45, 7) is 0. The van der Waals surface area contributed by atoms with E-state index in [1.165, 1.54) is 12.8 Å². The molecule has 2 N–H and O–H groups in total. The monoisotopic (exact) mass is 151 g/mol. The Hall–Kier alpha value is -0.790. The van der Waals surface area contributed by atoms with Gasteiger partial charge < -0.3 is 5.73 Å². The summed E-state index contributed by atoms with van der Waals surface area (Å²) in [7, 11) is 0. The van der Waals surface area contributed by atoms with E-state index in [1.54, 1.807) is 6.08 Å². The predicted molar refractivity (Wildman–Crippen MR) is 42.7 cm³/mol. The van der Waals surface area contributed by atoms with Gasteiger partial charge in [-0.15, -0.1) is 0 Å². The van der Waals surface area contributed by atoms with Gasteiger partial charge in [-0.1, -0.05) is 0 Å². The topological polar surface area (TPSA) is 43.1 Å². The fraction of sp³-hybridized carbons (Fsp3) is 0.667. The zero-order valence-electron chi connectivity index (χ0n) is 6.55. The Balaban J connectivity index is 2.16. The van der Waals surface area contributed by atoms with Gasteiger partial charge in [0.25, 0.3) is 0 Å². The summed E-state index contributed by atoms with van der Waals surface area (Å²) in [6, 6.07) is 0. The zero-order valence-corrected chi connectivity index (χ0v) is 6.55. The largest absolute Gasteiger partial charge is 0.402 e. The third kappa shape index (κ3) is 1.17. The van der Waals surface area contributed by atoms with Crippen LogP contribution >= 0.6 is 0 Å². The summed E-state index contributed by atoms with van der Waals surface area (Å²) in [5.41, 5.74) is 6.54. The van der Waals surface area contributed by atoms with E-state index in [0.29, 0.717) is 12.3 Å². The van der Waals surface area contributed by atoms with Crippen molar-refractivity contribution in [2.45, 2.75) is 25.7 Å². The zero-order chi connectivity index (χ0) is 7.84. The molecule has 0 aromatic rings. The molecule has 0 aromatic carbocycles. The van der Waals surface area contributed by atoms with Crippen molar-refractivity contribution in [1.82, 2.24) is 0 Å². The Morgan fingerprint density at radius 2 is 2.18 bits per heavy atom. The molecule has 0 saturated heterocycles. The lowest BCUT2D eigenvalue weighted by molar-refractivity contribution is -0.115. The molecule has 1 fully saturated rings. The van der Waals surface area contributed by atoms with E-state index in [1.807, 2.05) is 0 Å². The van der Waals surface area contributed by atoms with Crippen molar-refractivity contribution in [1.29, 1.82) is 0 Å². The van der Waals surface area contributed by atoms with E-state index in [2.05, 4.69) is 0 Å². The molecule has 0 aromatic heterocycles. The number of hydrogen-bond acceptors (Lipinski definition) is 2. The van der Waals surface area contributed by atoms with Gasteiger partial charge in [0.05, 0.1) is 0 Å². The van der Waals surface area contributed by atoms with Crippen LogP contribution in [0.4, 0.5) is 0 Å². The third-order valence-electron chi connectivity index (χ3n) is 2.83. The maximum atomic E-state index is 11.1. The average Bonchev–Trinajstić information content (AvgIpc) is 1.79. The van der Waals surface area contributed by atoms with E-state index in [0.717, 1.165) is 18.0 Å². The Labute approximate surface area is 66.5 Å². The lowest BCUT2D eigenvalue weighted by atomic mass is 9.69. The van der Waals surface area contributed by atoms with Crippen LogP contribution in [0, 0.1) is 11.8 Å². The van der Waals surface area contributed by atoms with Crippen LogP contribution in [0.3, 0.4) is 0 Å². The quantitative estimate of drug-likeness (QED) is 0.565. The number of allylic oxidation sites excluding steroid dienone is 2. The molecule has 2 heteroatoms. The highest BCUT2D eigenvalue weighted by Gasteiger charge is 2.32. The molecule has 2 bridgehead atoms. The van der Waals surface area contributed by atoms with E-state index in [4.69, 9.17) is 5.73 Å². The van der Waals surface area contributed by atoms with Crippen LogP contribution in [0.15, 0.2) is 11.8 Å². The molecule has 0 aliphatic heterocycles. The second-order valence-corrected chi connectivity index (χ2v) is 3.68. The number of carbonyl (C=O) groups excluding carboxylic acids is 1. The van der Waals surface area contributed by atoms with Crippen molar-refractivity contribution in [2.24, 2.45) is 17.6 Å². The number of ketones is 1. The molecule has 0 heterocycles. The van der Waals surface area contributed by atoms with Crippen molar-refractivity contribution < 1.29 is 4.79 Å². The van der Waals surface area contributed by atoms with E-state index in [-0.39, 0.29) is 5.78 Å². The maximum Gasteiger partial charge on any atom is 0.157 e. The first kappa shape index (κ1) is 6.89. The first-order valence-corrected chi connectivity index (χ1v) is 4.25. The van der Waals surface area contributed by atoms with Gasteiger partial charge in [0.15, 0.2) is 5.78 Å². The minimum absolute atomic E-state index is 0.219. The van der Waals surface area contributed by atoms with Gasteiger partial charge in [-0.25, -0.2) is 0 Å². The normalized spacial score (nSPS) is 41.5. The molecule has 3 aliphatic rings. The van der Waals surface area contributed by atoms with E-state index < -0.39 is 0 Å². The molecule has 3 aliphatic carbocycles. The second-order valence-electron chi connectivity index (χ2n) is 3.68. The number of hydrogen-bond donors (Lipinski definition) is 1. The lowest BCUT2D eigenvalue weighted by Gasteiger charge is -2.37. The molecule has 0 atom stereocenters. The minimum Gasteiger partial charge on any atom is -0.402 e. The van der Waals surface area contributed by atoms with Crippen molar-refractivity contribution >= 4 is 5.78 Å². The van der Waals surface area contributed by atoms with Gasteiger partial charge in [0, 0.05) is 18.2 Å². The van der Waals surface area contributed by atoms with Gasteiger partial charge in [0.2, 0.25) is 0 Å². The molecule has 60 valence electrons. The summed E-state index contributed by atoms with van der Waals surface area (Å²) in [4.78, 5) is 11.1. The number of carbonyl (C=O) groups is 1. The van der Waals surface area contributed by atoms with E-state index in [9.17, 15) is 4.79 Å². The molecule has 0 unspecified atom stereocenters.